The number of aromatic nitrogens is 1. The third-order valence-corrected chi connectivity index (χ3v) is 4.54. The van der Waals surface area contributed by atoms with Gasteiger partial charge >= 0.3 is 0 Å². The summed E-state index contributed by atoms with van der Waals surface area (Å²) in [5.41, 5.74) is 6.63. The molecule has 0 amide bonds. The zero-order valence-corrected chi connectivity index (χ0v) is 12.7. The first-order valence-corrected chi connectivity index (χ1v) is 7.86. The van der Waals surface area contributed by atoms with Gasteiger partial charge < -0.3 is 15.2 Å². The lowest BCUT2D eigenvalue weighted by molar-refractivity contribution is -0.159. The standard InChI is InChI=1S/C16H18N2O2S/c1-16(12-5-3-2-4-6-12)19-10-13(20-16)11-21-14-7-8-15(17)18-9-14/h2-9,13H,10-11H2,1H3,(H2,17,18). The SMILES string of the molecule is CC1(c2ccccc2)OCC(CSc2ccc(N)nc2)O1. The van der Waals surface area contributed by atoms with E-state index in [-0.39, 0.29) is 6.10 Å². The highest BCUT2D eigenvalue weighted by atomic mass is 32.2. The Morgan fingerprint density at radius 1 is 1.29 bits per heavy atom. The van der Waals surface area contributed by atoms with Crippen LogP contribution in [-0.2, 0) is 15.3 Å². The van der Waals surface area contributed by atoms with Crippen molar-refractivity contribution < 1.29 is 9.47 Å². The van der Waals surface area contributed by atoms with Crippen LogP contribution in [0.2, 0.25) is 0 Å². The number of ether oxygens (including phenoxy) is 2. The molecular weight excluding hydrogens is 284 g/mol. The molecule has 1 saturated heterocycles. The number of nitrogen functional groups attached to an aromatic ring is 1. The van der Waals surface area contributed by atoms with E-state index in [2.05, 4.69) is 4.98 Å². The first kappa shape index (κ1) is 14.4. The van der Waals surface area contributed by atoms with E-state index >= 15 is 0 Å². The summed E-state index contributed by atoms with van der Waals surface area (Å²) in [4.78, 5) is 5.17. The van der Waals surface area contributed by atoms with Gasteiger partial charge in [0.15, 0.2) is 5.79 Å². The molecule has 2 atom stereocenters. The lowest BCUT2D eigenvalue weighted by atomic mass is 10.1. The lowest BCUT2D eigenvalue weighted by Gasteiger charge is -2.23. The highest BCUT2D eigenvalue weighted by Gasteiger charge is 2.38. The maximum Gasteiger partial charge on any atom is 0.192 e. The highest BCUT2D eigenvalue weighted by Crippen LogP contribution is 2.35. The predicted molar refractivity (Wildman–Crippen MR) is 84.0 cm³/mol. The maximum atomic E-state index is 6.09. The average Bonchev–Trinajstić information content (AvgIpc) is 2.91. The minimum atomic E-state index is -0.647. The van der Waals surface area contributed by atoms with Crippen molar-refractivity contribution in [2.45, 2.75) is 23.7 Å². The molecule has 2 heterocycles. The molecule has 1 fully saturated rings. The van der Waals surface area contributed by atoms with Crippen molar-refractivity contribution in [2.75, 3.05) is 18.1 Å². The van der Waals surface area contributed by atoms with Crippen molar-refractivity contribution >= 4 is 17.6 Å². The van der Waals surface area contributed by atoms with Gasteiger partial charge in [0.2, 0.25) is 0 Å². The number of thioether (sulfide) groups is 1. The van der Waals surface area contributed by atoms with Crippen molar-refractivity contribution in [3.05, 3.63) is 54.2 Å². The molecule has 3 rings (SSSR count). The molecule has 110 valence electrons. The molecule has 0 bridgehead atoms. The van der Waals surface area contributed by atoms with E-state index < -0.39 is 5.79 Å². The largest absolute Gasteiger partial charge is 0.384 e. The number of pyridine rings is 1. The molecular formula is C16H18N2O2S. The third kappa shape index (κ3) is 3.37. The average molecular weight is 302 g/mol. The Balaban J connectivity index is 1.58. The lowest BCUT2D eigenvalue weighted by Crippen LogP contribution is -2.24. The maximum absolute atomic E-state index is 6.09. The number of benzene rings is 1. The minimum Gasteiger partial charge on any atom is -0.384 e. The normalized spacial score (nSPS) is 25.1. The number of nitrogens with zero attached hydrogens (tertiary/aromatic N) is 1. The van der Waals surface area contributed by atoms with E-state index in [0.717, 1.165) is 16.2 Å². The quantitative estimate of drug-likeness (QED) is 0.880. The predicted octanol–water partition coefficient (Wildman–Crippen LogP) is 3.04. The smallest absolute Gasteiger partial charge is 0.192 e. The molecule has 2 unspecified atom stereocenters. The number of hydrogen-bond donors (Lipinski definition) is 1. The van der Waals surface area contributed by atoms with Crippen LogP contribution in [0.5, 0.6) is 0 Å². The molecule has 0 spiro atoms. The summed E-state index contributed by atoms with van der Waals surface area (Å²) < 4.78 is 12.0. The van der Waals surface area contributed by atoms with Crippen LogP contribution >= 0.6 is 11.8 Å². The van der Waals surface area contributed by atoms with Gasteiger partial charge in [0.1, 0.15) is 5.82 Å². The molecule has 4 nitrogen and oxygen atoms in total. The summed E-state index contributed by atoms with van der Waals surface area (Å²) in [7, 11) is 0. The van der Waals surface area contributed by atoms with Crippen molar-refractivity contribution in [1.82, 2.24) is 4.98 Å². The Hall–Kier alpha value is -1.56. The third-order valence-electron chi connectivity index (χ3n) is 3.43. The zero-order valence-electron chi connectivity index (χ0n) is 11.9. The Morgan fingerprint density at radius 2 is 2.10 bits per heavy atom. The van der Waals surface area contributed by atoms with Crippen molar-refractivity contribution in [3.63, 3.8) is 0 Å². The van der Waals surface area contributed by atoms with Crippen LogP contribution in [0.4, 0.5) is 5.82 Å². The zero-order chi connectivity index (χ0) is 14.7. The van der Waals surface area contributed by atoms with Crippen LogP contribution in [-0.4, -0.2) is 23.4 Å². The van der Waals surface area contributed by atoms with Gasteiger partial charge in [0.05, 0.1) is 12.7 Å². The number of nitrogens with two attached hydrogens (primary N) is 1. The Morgan fingerprint density at radius 3 is 2.81 bits per heavy atom. The van der Waals surface area contributed by atoms with E-state index in [9.17, 15) is 0 Å². The second kappa shape index (κ2) is 6.05. The summed E-state index contributed by atoms with van der Waals surface area (Å²) in [6, 6.07) is 13.8. The van der Waals surface area contributed by atoms with E-state index in [1.54, 1.807) is 18.0 Å². The molecule has 2 N–H and O–H groups in total. The Kier molecular flexibility index (Phi) is 4.14. The molecule has 1 aromatic carbocycles. The molecule has 0 radical (unpaired) electrons. The van der Waals surface area contributed by atoms with Gasteiger partial charge in [-0.1, -0.05) is 30.3 Å². The molecule has 21 heavy (non-hydrogen) atoms. The number of anilines is 1. The van der Waals surface area contributed by atoms with Crippen LogP contribution in [0.1, 0.15) is 12.5 Å². The highest BCUT2D eigenvalue weighted by molar-refractivity contribution is 7.99. The Bertz CT molecular complexity index is 591. The van der Waals surface area contributed by atoms with Gasteiger partial charge in [0.25, 0.3) is 0 Å². The fraction of sp³-hybridized carbons (Fsp3) is 0.312. The second-order valence-electron chi connectivity index (χ2n) is 5.09. The Labute approximate surface area is 128 Å². The van der Waals surface area contributed by atoms with Gasteiger partial charge in [-0.2, -0.15) is 0 Å². The minimum absolute atomic E-state index is 0.0674. The molecule has 1 aliphatic heterocycles. The summed E-state index contributed by atoms with van der Waals surface area (Å²) in [5, 5.41) is 0. The monoisotopic (exact) mass is 302 g/mol. The van der Waals surface area contributed by atoms with Crippen molar-refractivity contribution in [1.29, 1.82) is 0 Å². The van der Waals surface area contributed by atoms with Crippen LogP contribution in [0.25, 0.3) is 0 Å². The summed E-state index contributed by atoms with van der Waals surface area (Å²) in [6.45, 7) is 2.57. The summed E-state index contributed by atoms with van der Waals surface area (Å²) in [6.07, 6.45) is 1.85. The molecule has 1 aliphatic rings. The fourth-order valence-electron chi connectivity index (χ4n) is 2.28. The topological polar surface area (TPSA) is 57.4 Å². The fourth-order valence-corrected chi connectivity index (χ4v) is 3.11. The first-order chi connectivity index (χ1) is 10.2. The molecule has 2 aromatic rings. The van der Waals surface area contributed by atoms with Gasteiger partial charge in [-0.3, -0.25) is 0 Å². The number of rotatable bonds is 4. The van der Waals surface area contributed by atoms with Gasteiger partial charge in [0, 0.05) is 22.4 Å². The first-order valence-electron chi connectivity index (χ1n) is 6.87. The molecule has 0 aliphatic carbocycles. The van der Waals surface area contributed by atoms with E-state index in [1.165, 1.54) is 0 Å². The summed E-state index contributed by atoms with van der Waals surface area (Å²) in [5.74, 6) is 0.719. The molecule has 1 aromatic heterocycles. The molecule has 0 saturated carbocycles. The van der Waals surface area contributed by atoms with E-state index in [4.69, 9.17) is 15.2 Å². The van der Waals surface area contributed by atoms with Gasteiger partial charge in [-0.05, 0) is 19.1 Å². The van der Waals surface area contributed by atoms with E-state index in [0.29, 0.717) is 12.4 Å². The van der Waals surface area contributed by atoms with Crippen LogP contribution < -0.4 is 5.73 Å². The van der Waals surface area contributed by atoms with E-state index in [1.807, 2.05) is 49.4 Å². The molecule has 5 heteroatoms. The van der Waals surface area contributed by atoms with Crippen LogP contribution in [0.3, 0.4) is 0 Å². The van der Waals surface area contributed by atoms with Crippen LogP contribution in [0, 0.1) is 0 Å². The van der Waals surface area contributed by atoms with Gasteiger partial charge in [-0.15, -0.1) is 11.8 Å². The summed E-state index contributed by atoms with van der Waals surface area (Å²) >= 11 is 1.70. The van der Waals surface area contributed by atoms with Crippen LogP contribution in [0.15, 0.2) is 53.6 Å². The number of hydrogen-bond acceptors (Lipinski definition) is 5. The van der Waals surface area contributed by atoms with Crippen molar-refractivity contribution in [3.8, 4) is 0 Å². The van der Waals surface area contributed by atoms with Gasteiger partial charge in [-0.25, -0.2) is 4.98 Å². The van der Waals surface area contributed by atoms with Crippen molar-refractivity contribution in [2.24, 2.45) is 0 Å². The second-order valence-corrected chi connectivity index (χ2v) is 6.19.